The number of hydrogen-bond donors (Lipinski definition) is 1. The predicted octanol–water partition coefficient (Wildman–Crippen LogP) is 6.63. The van der Waals surface area contributed by atoms with Crippen LogP contribution in [0.3, 0.4) is 0 Å². The summed E-state index contributed by atoms with van der Waals surface area (Å²) in [6.07, 6.45) is 14.9. The van der Waals surface area contributed by atoms with Crippen molar-refractivity contribution in [3.05, 3.63) is 41.1 Å². The average molecular weight is 473 g/mol. The Hall–Kier alpha value is -1.43. The highest BCUT2D eigenvalue weighted by Gasteiger charge is 2.38. The molecule has 0 saturated carbocycles. The van der Waals surface area contributed by atoms with E-state index in [2.05, 4.69) is 66.5 Å². The molecule has 4 nitrogen and oxygen atoms in total. The highest BCUT2D eigenvalue weighted by atomic mass is 35.5. The molecule has 0 bridgehead atoms. The molecule has 3 aliphatic rings. The molecule has 1 aromatic rings. The number of allylic oxidation sites excluding steroid dienone is 5. The van der Waals surface area contributed by atoms with Crippen molar-refractivity contribution in [2.75, 3.05) is 25.0 Å². The molecule has 1 aromatic heterocycles. The van der Waals surface area contributed by atoms with Gasteiger partial charge >= 0.3 is 0 Å². The number of aromatic nitrogens is 1. The normalized spacial score (nSPS) is 26.7. The predicted molar refractivity (Wildman–Crippen MR) is 140 cm³/mol. The third-order valence-electron chi connectivity index (χ3n) is 7.07. The minimum Gasteiger partial charge on any atom is -0.357 e. The van der Waals surface area contributed by atoms with E-state index in [1.807, 2.05) is 12.4 Å². The summed E-state index contributed by atoms with van der Waals surface area (Å²) in [5.41, 5.74) is 4.05. The topological polar surface area (TPSA) is 40.5 Å². The summed E-state index contributed by atoms with van der Waals surface area (Å²) in [6.45, 7) is 12.8. The first-order valence-electron chi connectivity index (χ1n) is 12.0. The zero-order valence-electron chi connectivity index (χ0n) is 19.9. The first-order valence-corrected chi connectivity index (χ1v) is 13.3. The smallest absolute Gasteiger partial charge is 0.183 e. The lowest BCUT2D eigenvalue weighted by Gasteiger charge is -2.46. The molecule has 2 unspecified atom stereocenters. The van der Waals surface area contributed by atoms with Gasteiger partial charge in [-0.2, -0.15) is 0 Å². The molecule has 1 fully saturated rings. The number of thiazole rings is 1. The van der Waals surface area contributed by atoms with Crippen LogP contribution in [-0.2, 0) is 0 Å². The van der Waals surface area contributed by atoms with Gasteiger partial charge in [0.15, 0.2) is 5.13 Å². The van der Waals surface area contributed by atoms with Crippen molar-refractivity contribution >= 4 is 39.9 Å². The van der Waals surface area contributed by atoms with Crippen LogP contribution in [0.4, 0.5) is 5.13 Å². The summed E-state index contributed by atoms with van der Waals surface area (Å²) in [7, 11) is 0. The first kappa shape index (κ1) is 23.7. The molecule has 6 heteroatoms. The molecule has 0 aromatic carbocycles. The Labute approximate surface area is 202 Å². The lowest BCUT2D eigenvalue weighted by molar-refractivity contribution is 0.0688. The molecule has 4 rings (SSSR count). The summed E-state index contributed by atoms with van der Waals surface area (Å²) in [4.78, 5) is 11.8. The van der Waals surface area contributed by atoms with E-state index >= 15 is 0 Å². The molecule has 0 amide bonds. The number of likely N-dealkylation sites (tertiary alicyclic amines) is 1. The molecule has 1 aliphatic carbocycles. The molecule has 3 heterocycles. The number of aliphatic imine (C=N–C) groups is 1. The van der Waals surface area contributed by atoms with E-state index in [4.69, 9.17) is 16.6 Å². The van der Waals surface area contributed by atoms with Gasteiger partial charge in [0.1, 0.15) is 0 Å². The van der Waals surface area contributed by atoms with Crippen LogP contribution < -0.4 is 5.32 Å². The fourth-order valence-electron chi connectivity index (χ4n) is 5.15. The third kappa shape index (κ3) is 5.73. The van der Waals surface area contributed by atoms with Crippen molar-refractivity contribution in [2.24, 2.45) is 22.2 Å². The number of nitrogens with one attached hydrogen (secondary N) is 1. The van der Waals surface area contributed by atoms with E-state index in [0.717, 1.165) is 49.7 Å². The Kier molecular flexibility index (Phi) is 7.58. The van der Waals surface area contributed by atoms with Gasteiger partial charge < -0.3 is 10.2 Å². The number of anilines is 1. The highest BCUT2D eigenvalue weighted by Crippen LogP contribution is 2.41. The Morgan fingerprint density at radius 1 is 1.34 bits per heavy atom. The lowest BCUT2D eigenvalue weighted by Crippen LogP contribution is -2.50. The Morgan fingerprint density at radius 2 is 2.19 bits per heavy atom. The average Bonchev–Trinajstić information content (AvgIpc) is 3.23. The molecule has 2 aliphatic heterocycles. The number of halogens is 1. The maximum atomic E-state index is 6.25. The summed E-state index contributed by atoms with van der Waals surface area (Å²) in [5, 5.41) is 7.10. The second-order valence-electron chi connectivity index (χ2n) is 10.4. The van der Waals surface area contributed by atoms with Crippen LogP contribution >= 0.6 is 22.9 Å². The van der Waals surface area contributed by atoms with Crippen molar-refractivity contribution in [1.29, 1.82) is 0 Å². The molecule has 32 heavy (non-hydrogen) atoms. The Balaban J connectivity index is 1.38. The standard InChI is InChI=1S/C26H37ClN4S/c1-18(2)23(29-25-30-24(16-32-25)20-6-5-12-28-14-20)15-31-13-11-22(26(3,4)17-31)19-7-9-21(27)10-8-19/h7-9,12,14,16,18,21-23H,5-6,10-11,13,15,17H2,1-4H3,(H,29,30)/t21?,22?,23-/m0/s1. The fraction of sp³-hybridized carbons (Fsp3) is 0.615. The molecule has 0 spiro atoms. The zero-order valence-corrected chi connectivity index (χ0v) is 21.4. The van der Waals surface area contributed by atoms with Crippen molar-refractivity contribution in [3.8, 4) is 0 Å². The van der Waals surface area contributed by atoms with E-state index in [-0.39, 0.29) is 10.8 Å². The third-order valence-corrected chi connectivity index (χ3v) is 8.16. The molecule has 0 radical (unpaired) electrons. The fourth-order valence-corrected chi connectivity index (χ4v) is 6.11. The monoisotopic (exact) mass is 472 g/mol. The summed E-state index contributed by atoms with van der Waals surface area (Å²) in [5.74, 6) is 1.14. The molecule has 1 N–H and O–H groups in total. The van der Waals surface area contributed by atoms with Gasteiger partial charge in [0.2, 0.25) is 0 Å². The SMILES string of the molecule is CC(C)[C@H](CN1CCC(C2=CCC(Cl)C=C2)C(C)(C)C1)Nc1nc(C2=CN=CCC2)cs1. The van der Waals surface area contributed by atoms with Crippen LogP contribution in [0.15, 0.2) is 40.4 Å². The van der Waals surface area contributed by atoms with Crippen LogP contribution in [0.25, 0.3) is 5.57 Å². The van der Waals surface area contributed by atoms with Crippen LogP contribution in [0.5, 0.6) is 0 Å². The zero-order chi connectivity index (χ0) is 22.7. The number of piperidine rings is 1. The summed E-state index contributed by atoms with van der Waals surface area (Å²) >= 11 is 7.96. The largest absolute Gasteiger partial charge is 0.357 e. The van der Waals surface area contributed by atoms with Crippen molar-refractivity contribution in [3.63, 3.8) is 0 Å². The molecule has 3 atom stereocenters. The quantitative estimate of drug-likeness (QED) is 0.453. The van der Waals surface area contributed by atoms with Crippen LogP contribution in [0.1, 0.15) is 59.1 Å². The maximum Gasteiger partial charge on any atom is 0.183 e. The molecular formula is C26H37ClN4S. The van der Waals surface area contributed by atoms with Crippen LogP contribution in [-0.4, -0.2) is 47.2 Å². The van der Waals surface area contributed by atoms with Gasteiger partial charge in [0, 0.05) is 36.9 Å². The molecule has 1 saturated heterocycles. The second kappa shape index (κ2) is 10.2. The minimum atomic E-state index is 0.160. The van der Waals surface area contributed by atoms with E-state index in [9.17, 15) is 0 Å². The van der Waals surface area contributed by atoms with Crippen molar-refractivity contribution in [1.82, 2.24) is 9.88 Å². The lowest BCUT2D eigenvalue weighted by atomic mass is 9.69. The Morgan fingerprint density at radius 3 is 2.84 bits per heavy atom. The first-order chi connectivity index (χ1) is 15.3. The molecule has 174 valence electrons. The minimum absolute atomic E-state index is 0.160. The van der Waals surface area contributed by atoms with E-state index in [0.29, 0.717) is 17.9 Å². The number of hydrogen-bond acceptors (Lipinski definition) is 5. The summed E-state index contributed by atoms with van der Waals surface area (Å²) in [6, 6.07) is 0.380. The van der Waals surface area contributed by atoms with E-state index in [1.54, 1.807) is 11.3 Å². The number of nitrogens with zero attached hydrogens (tertiary/aromatic N) is 3. The van der Waals surface area contributed by atoms with Gasteiger partial charge in [-0.3, -0.25) is 4.99 Å². The van der Waals surface area contributed by atoms with Crippen molar-refractivity contribution < 1.29 is 0 Å². The van der Waals surface area contributed by atoms with Crippen LogP contribution in [0, 0.1) is 17.3 Å². The van der Waals surface area contributed by atoms with E-state index < -0.39 is 0 Å². The number of alkyl halides is 1. The van der Waals surface area contributed by atoms with Crippen molar-refractivity contribution in [2.45, 2.75) is 64.8 Å². The van der Waals surface area contributed by atoms with Gasteiger partial charge in [-0.25, -0.2) is 4.98 Å². The Bertz CT molecular complexity index is 911. The van der Waals surface area contributed by atoms with E-state index in [1.165, 1.54) is 17.6 Å². The van der Waals surface area contributed by atoms with Gasteiger partial charge in [-0.1, -0.05) is 45.9 Å². The molecular weight excluding hydrogens is 436 g/mol. The second-order valence-corrected chi connectivity index (χ2v) is 11.9. The van der Waals surface area contributed by atoms with Gasteiger partial charge in [0.05, 0.1) is 11.1 Å². The summed E-state index contributed by atoms with van der Waals surface area (Å²) < 4.78 is 0. The number of rotatable bonds is 7. The van der Waals surface area contributed by atoms with Gasteiger partial charge in [0.25, 0.3) is 0 Å². The maximum absolute atomic E-state index is 6.25. The highest BCUT2D eigenvalue weighted by molar-refractivity contribution is 7.13. The van der Waals surface area contributed by atoms with Gasteiger partial charge in [-0.15, -0.1) is 22.9 Å². The van der Waals surface area contributed by atoms with Crippen LogP contribution in [0.2, 0.25) is 0 Å². The van der Waals surface area contributed by atoms with Gasteiger partial charge in [-0.05, 0) is 60.6 Å².